The summed E-state index contributed by atoms with van der Waals surface area (Å²) in [6.07, 6.45) is 0. The zero-order valence-electron chi connectivity index (χ0n) is 17.9. The van der Waals surface area contributed by atoms with Crippen molar-refractivity contribution in [1.29, 1.82) is 0 Å². The molecule has 2 aromatic carbocycles. The standard InChI is InChI=1S/C24H27N3O4/c1-17-23(18(2)31-26-17)16-30-22-9-5-20(6-10-22)24(28)25-21-7-3-19(4-8-21)15-27-11-13-29-14-12-27/h3-10H,11-16H2,1-2H3,(H,25,28). The van der Waals surface area contributed by atoms with E-state index in [2.05, 4.69) is 27.5 Å². The molecule has 0 atom stereocenters. The molecular formula is C24H27N3O4. The van der Waals surface area contributed by atoms with E-state index in [1.807, 2.05) is 26.0 Å². The summed E-state index contributed by atoms with van der Waals surface area (Å²) in [6, 6.07) is 15.1. The quantitative estimate of drug-likeness (QED) is 0.622. The van der Waals surface area contributed by atoms with Gasteiger partial charge in [-0.1, -0.05) is 17.3 Å². The smallest absolute Gasteiger partial charge is 0.255 e. The van der Waals surface area contributed by atoms with Crippen LogP contribution in [0.1, 0.15) is 32.9 Å². The summed E-state index contributed by atoms with van der Waals surface area (Å²) < 4.78 is 16.3. The van der Waals surface area contributed by atoms with E-state index in [0.29, 0.717) is 17.9 Å². The Labute approximate surface area is 181 Å². The first kappa shape index (κ1) is 21.1. The Morgan fingerprint density at radius 2 is 1.77 bits per heavy atom. The molecule has 0 bridgehead atoms. The molecule has 0 unspecified atom stereocenters. The molecule has 1 aliphatic rings. The molecule has 1 aliphatic heterocycles. The predicted octanol–water partition coefficient (Wildman–Crippen LogP) is 3.95. The maximum Gasteiger partial charge on any atom is 0.255 e. The lowest BCUT2D eigenvalue weighted by Gasteiger charge is -2.26. The van der Waals surface area contributed by atoms with E-state index in [9.17, 15) is 4.79 Å². The lowest BCUT2D eigenvalue weighted by molar-refractivity contribution is 0.0342. The average Bonchev–Trinajstić information content (AvgIpc) is 3.12. The number of carbonyl (C=O) groups excluding carboxylic acids is 1. The summed E-state index contributed by atoms with van der Waals surface area (Å²) in [5, 5.41) is 6.87. The first-order valence-electron chi connectivity index (χ1n) is 10.4. The third kappa shape index (κ3) is 5.51. The summed E-state index contributed by atoms with van der Waals surface area (Å²) in [7, 11) is 0. The van der Waals surface area contributed by atoms with Gasteiger partial charge in [-0.05, 0) is 55.8 Å². The zero-order valence-corrected chi connectivity index (χ0v) is 17.9. The maximum atomic E-state index is 12.6. The molecule has 7 heteroatoms. The Kier molecular flexibility index (Phi) is 6.64. The highest BCUT2D eigenvalue weighted by Gasteiger charge is 2.12. The lowest BCUT2D eigenvalue weighted by atomic mass is 10.1. The number of anilines is 1. The largest absolute Gasteiger partial charge is 0.489 e. The van der Waals surface area contributed by atoms with Crippen LogP contribution in [0.3, 0.4) is 0 Å². The molecule has 1 fully saturated rings. The van der Waals surface area contributed by atoms with Crippen molar-refractivity contribution in [2.24, 2.45) is 0 Å². The Balaban J connectivity index is 1.30. The number of benzene rings is 2. The van der Waals surface area contributed by atoms with Gasteiger partial charge < -0.3 is 19.3 Å². The highest BCUT2D eigenvalue weighted by Crippen LogP contribution is 2.19. The molecule has 0 spiro atoms. The minimum Gasteiger partial charge on any atom is -0.489 e. The second-order valence-corrected chi connectivity index (χ2v) is 7.66. The number of nitrogens with one attached hydrogen (secondary N) is 1. The van der Waals surface area contributed by atoms with Crippen LogP contribution in [0.4, 0.5) is 5.69 Å². The van der Waals surface area contributed by atoms with E-state index >= 15 is 0 Å². The average molecular weight is 421 g/mol. The van der Waals surface area contributed by atoms with Gasteiger partial charge in [-0.25, -0.2) is 0 Å². The summed E-state index contributed by atoms with van der Waals surface area (Å²) in [5.41, 5.74) is 4.33. The van der Waals surface area contributed by atoms with Crippen LogP contribution in [0.2, 0.25) is 0 Å². The number of ether oxygens (including phenoxy) is 2. The van der Waals surface area contributed by atoms with E-state index in [1.165, 1.54) is 5.56 Å². The van der Waals surface area contributed by atoms with E-state index in [1.54, 1.807) is 24.3 Å². The Morgan fingerprint density at radius 3 is 2.42 bits per heavy atom. The molecule has 0 saturated carbocycles. The van der Waals surface area contributed by atoms with E-state index < -0.39 is 0 Å². The molecule has 3 aromatic rings. The molecule has 1 amide bonds. The minimum atomic E-state index is -0.154. The lowest BCUT2D eigenvalue weighted by Crippen LogP contribution is -2.35. The molecule has 0 radical (unpaired) electrons. The minimum absolute atomic E-state index is 0.154. The van der Waals surface area contributed by atoms with Gasteiger partial charge in [-0.3, -0.25) is 9.69 Å². The molecule has 1 saturated heterocycles. The monoisotopic (exact) mass is 421 g/mol. The van der Waals surface area contributed by atoms with Crippen molar-refractivity contribution in [1.82, 2.24) is 10.1 Å². The summed E-state index contributed by atoms with van der Waals surface area (Å²) in [4.78, 5) is 14.9. The number of nitrogens with zero attached hydrogens (tertiary/aromatic N) is 2. The molecule has 4 rings (SSSR count). The van der Waals surface area contributed by atoms with Crippen LogP contribution >= 0.6 is 0 Å². The second kappa shape index (κ2) is 9.76. The fourth-order valence-corrected chi connectivity index (χ4v) is 3.48. The van der Waals surface area contributed by atoms with Gasteiger partial charge in [0.2, 0.25) is 0 Å². The van der Waals surface area contributed by atoms with Gasteiger partial charge >= 0.3 is 0 Å². The van der Waals surface area contributed by atoms with Crippen LogP contribution in [0.15, 0.2) is 53.1 Å². The van der Waals surface area contributed by atoms with Gasteiger partial charge in [0.1, 0.15) is 18.1 Å². The number of morpholine rings is 1. The Bertz CT molecular complexity index is 987. The fourth-order valence-electron chi connectivity index (χ4n) is 3.48. The summed E-state index contributed by atoms with van der Waals surface area (Å²) in [6.45, 7) is 8.51. The zero-order chi connectivity index (χ0) is 21.6. The first-order chi connectivity index (χ1) is 15.1. The highest BCUT2D eigenvalue weighted by molar-refractivity contribution is 6.04. The number of hydrogen-bond acceptors (Lipinski definition) is 6. The van der Waals surface area contributed by atoms with Crippen LogP contribution in [0.25, 0.3) is 0 Å². The molecule has 7 nitrogen and oxygen atoms in total. The number of carbonyl (C=O) groups is 1. The van der Waals surface area contributed by atoms with Crippen LogP contribution in [-0.4, -0.2) is 42.3 Å². The third-order valence-electron chi connectivity index (χ3n) is 5.40. The number of aryl methyl sites for hydroxylation is 2. The van der Waals surface area contributed by atoms with Gasteiger partial charge in [0.15, 0.2) is 0 Å². The van der Waals surface area contributed by atoms with Gasteiger partial charge in [0.25, 0.3) is 5.91 Å². The topological polar surface area (TPSA) is 76.8 Å². The van der Waals surface area contributed by atoms with Gasteiger partial charge in [-0.15, -0.1) is 0 Å². The summed E-state index contributed by atoms with van der Waals surface area (Å²) >= 11 is 0. The van der Waals surface area contributed by atoms with Crippen molar-refractivity contribution < 1.29 is 18.8 Å². The normalized spacial score (nSPS) is 14.4. The first-order valence-corrected chi connectivity index (χ1v) is 10.4. The van der Waals surface area contributed by atoms with Crippen molar-refractivity contribution in [3.8, 4) is 5.75 Å². The highest BCUT2D eigenvalue weighted by atomic mass is 16.5. The molecule has 31 heavy (non-hydrogen) atoms. The molecule has 1 N–H and O–H groups in total. The van der Waals surface area contributed by atoms with Gasteiger partial charge in [-0.2, -0.15) is 0 Å². The summed E-state index contributed by atoms with van der Waals surface area (Å²) in [5.74, 6) is 1.28. The van der Waals surface area contributed by atoms with Crippen LogP contribution in [0.5, 0.6) is 5.75 Å². The van der Waals surface area contributed by atoms with Crippen molar-refractivity contribution in [3.05, 3.63) is 76.7 Å². The van der Waals surface area contributed by atoms with Gasteiger partial charge in [0, 0.05) is 30.9 Å². The Hall–Kier alpha value is -3.16. The fraction of sp³-hybridized carbons (Fsp3) is 0.333. The molecule has 2 heterocycles. The van der Waals surface area contributed by atoms with Crippen molar-refractivity contribution in [2.75, 3.05) is 31.6 Å². The van der Waals surface area contributed by atoms with Gasteiger partial charge in [0.05, 0.1) is 24.5 Å². The van der Waals surface area contributed by atoms with Crippen LogP contribution in [0, 0.1) is 13.8 Å². The SMILES string of the molecule is Cc1noc(C)c1COc1ccc(C(=O)Nc2ccc(CN3CCOCC3)cc2)cc1. The van der Waals surface area contributed by atoms with E-state index in [4.69, 9.17) is 14.0 Å². The maximum absolute atomic E-state index is 12.6. The van der Waals surface area contributed by atoms with Crippen molar-refractivity contribution in [2.45, 2.75) is 27.0 Å². The number of aromatic nitrogens is 1. The number of amides is 1. The van der Waals surface area contributed by atoms with Crippen LogP contribution in [-0.2, 0) is 17.9 Å². The number of rotatable bonds is 7. The molecular weight excluding hydrogens is 394 g/mol. The number of hydrogen-bond donors (Lipinski definition) is 1. The van der Waals surface area contributed by atoms with E-state index in [-0.39, 0.29) is 5.91 Å². The molecule has 162 valence electrons. The second-order valence-electron chi connectivity index (χ2n) is 7.66. The predicted molar refractivity (Wildman–Crippen MR) is 117 cm³/mol. The molecule has 0 aliphatic carbocycles. The molecule has 1 aromatic heterocycles. The Morgan fingerprint density at radius 1 is 1.06 bits per heavy atom. The van der Waals surface area contributed by atoms with Crippen molar-refractivity contribution >= 4 is 11.6 Å². The third-order valence-corrected chi connectivity index (χ3v) is 5.40. The van der Waals surface area contributed by atoms with E-state index in [0.717, 1.165) is 55.6 Å². The van der Waals surface area contributed by atoms with Crippen LogP contribution < -0.4 is 10.1 Å². The van der Waals surface area contributed by atoms with Crippen molar-refractivity contribution in [3.63, 3.8) is 0 Å².